The van der Waals surface area contributed by atoms with Gasteiger partial charge in [-0.3, -0.25) is 4.79 Å². The largest absolute Gasteiger partial charge is 0.493 e. The Bertz CT molecular complexity index is 480. The first-order valence-corrected chi connectivity index (χ1v) is 6.82. The van der Waals surface area contributed by atoms with Gasteiger partial charge in [0.2, 0.25) is 0 Å². The Kier molecular flexibility index (Phi) is 4.49. The number of amides is 1. The highest BCUT2D eigenvalue weighted by Gasteiger charge is 2.26. The number of carbonyl (C=O) groups is 1. The predicted octanol–water partition coefficient (Wildman–Crippen LogP) is 1.53. The Labute approximate surface area is 119 Å². The van der Waals surface area contributed by atoms with Crippen molar-refractivity contribution in [1.82, 2.24) is 10.2 Å². The van der Waals surface area contributed by atoms with Crippen LogP contribution in [-0.2, 0) is 0 Å². The fraction of sp³-hybridized carbons (Fsp3) is 0.533. The Morgan fingerprint density at radius 1 is 1.15 bits per heavy atom. The van der Waals surface area contributed by atoms with Crippen molar-refractivity contribution in [1.29, 1.82) is 0 Å². The average Bonchev–Trinajstić information content (AvgIpc) is 2.44. The smallest absolute Gasteiger partial charge is 0.254 e. The lowest BCUT2D eigenvalue weighted by Gasteiger charge is -2.36. The number of nitrogens with one attached hydrogen (secondary N) is 1. The second-order valence-electron chi connectivity index (χ2n) is 5.25. The van der Waals surface area contributed by atoms with E-state index in [0.29, 0.717) is 29.1 Å². The number of hydrogen-bond acceptors (Lipinski definition) is 4. The van der Waals surface area contributed by atoms with Gasteiger partial charge in [-0.2, -0.15) is 0 Å². The molecule has 1 N–H and O–H groups in total. The lowest BCUT2D eigenvalue weighted by atomic mass is 10.1. The van der Waals surface area contributed by atoms with E-state index < -0.39 is 0 Å². The number of ether oxygens (including phenoxy) is 2. The van der Waals surface area contributed by atoms with Gasteiger partial charge in [-0.15, -0.1) is 0 Å². The van der Waals surface area contributed by atoms with Crippen LogP contribution in [0.1, 0.15) is 24.2 Å². The van der Waals surface area contributed by atoms with Crippen molar-refractivity contribution in [3.63, 3.8) is 0 Å². The third-order valence-corrected chi connectivity index (χ3v) is 3.48. The first-order chi connectivity index (χ1) is 9.55. The van der Waals surface area contributed by atoms with Crippen molar-refractivity contribution in [3.8, 4) is 11.5 Å². The summed E-state index contributed by atoms with van der Waals surface area (Å²) in [5, 5.41) is 3.42. The maximum Gasteiger partial charge on any atom is 0.254 e. The summed E-state index contributed by atoms with van der Waals surface area (Å²) in [5.74, 6) is 1.24. The molecule has 0 saturated carbocycles. The van der Waals surface area contributed by atoms with E-state index in [1.54, 1.807) is 32.4 Å². The summed E-state index contributed by atoms with van der Waals surface area (Å²) in [7, 11) is 3.15. The van der Waals surface area contributed by atoms with E-state index in [1.807, 2.05) is 4.90 Å². The molecule has 0 spiro atoms. The summed E-state index contributed by atoms with van der Waals surface area (Å²) in [6.07, 6.45) is 0. The van der Waals surface area contributed by atoms with Crippen LogP contribution in [0.5, 0.6) is 11.5 Å². The first-order valence-electron chi connectivity index (χ1n) is 6.82. The van der Waals surface area contributed by atoms with Gasteiger partial charge < -0.3 is 19.7 Å². The number of hydrogen-bond donors (Lipinski definition) is 1. The van der Waals surface area contributed by atoms with Gasteiger partial charge in [0.15, 0.2) is 11.5 Å². The molecular weight excluding hydrogens is 256 g/mol. The molecule has 2 unspecified atom stereocenters. The standard InChI is InChI=1S/C15H22N2O3/c1-10-8-17(9-11(2)16-10)15(18)12-5-6-13(19-3)14(7-12)20-4/h5-7,10-11,16H,8-9H2,1-4H3. The molecule has 110 valence electrons. The van der Waals surface area contributed by atoms with Crippen LogP contribution >= 0.6 is 0 Å². The molecule has 2 atom stereocenters. The monoisotopic (exact) mass is 278 g/mol. The maximum atomic E-state index is 12.6. The molecule has 1 aliphatic rings. The number of methoxy groups -OCH3 is 2. The summed E-state index contributed by atoms with van der Waals surface area (Å²) >= 11 is 0. The van der Waals surface area contributed by atoms with E-state index in [9.17, 15) is 4.79 Å². The van der Waals surface area contributed by atoms with Crippen molar-refractivity contribution in [2.24, 2.45) is 0 Å². The highest BCUT2D eigenvalue weighted by atomic mass is 16.5. The van der Waals surface area contributed by atoms with Crippen LogP contribution in [-0.4, -0.2) is 50.2 Å². The maximum absolute atomic E-state index is 12.6. The Morgan fingerprint density at radius 2 is 1.75 bits per heavy atom. The van der Waals surface area contributed by atoms with E-state index >= 15 is 0 Å². The highest BCUT2D eigenvalue weighted by Crippen LogP contribution is 2.28. The highest BCUT2D eigenvalue weighted by molar-refractivity contribution is 5.95. The van der Waals surface area contributed by atoms with E-state index in [-0.39, 0.29) is 5.91 Å². The molecule has 1 saturated heterocycles. The molecule has 1 aromatic carbocycles. The van der Waals surface area contributed by atoms with E-state index in [4.69, 9.17) is 9.47 Å². The lowest BCUT2D eigenvalue weighted by molar-refractivity contribution is 0.0673. The van der Waals surface area contributed by atoms with Crippen LogP contribution in [0.25, 0.3) is 0 Å². The number of nitrogens with zero attached hydrogens (tertiary/aromatic N) is 1. The summed E-state index contributed by atoms with van der Waals surface area (Å²) in [5.41, 5.74) is 0.629. The van der Waals surface area contributed by atoms with Crippen molar-refractivity contribution < 1.29 is 14.3 Å². The second-order valence-corrected chi connectivity index (χ2v) is 5.25. The zero-order valence-corrected chi connectivity index (χ0v) is 12.5. The molecule has 5 nitrogen and oxygen atoms in total. The molecule has 20 heavy (non-hydrogen) atoms. The molecule has 2 rings (SSSR count). The van der Waals surface area contributed by atoms with Gasteiger partial charge in [0.1, 0.15) is 0 Å². The average molecular weight is 278 g/mol. The van der Waals surface area contributed by atoms with E-state index in [1.165, 1.54) is 0 Å². The van der Waals surface area contributed by atoms with Crippen molar-refractivity contribution in [2.75, 3.05) is 27.3 Å². The van der Waals surface area contributed by atoms with Crippen LogP contribution in [0.2, 0.25) is 0 Å². The molecular formula is C15H22N2O3. The summed E-state index contributed by atoms with van der Waals surface area (Å²) in [6, 6.07) is 5.89. The molecule has 1 heterocycles. The molecule has 1 amide bonds. The zero-order chi connectivity index (χ0) is 14.7. The third-order valence-electron chi connectivity index (χ3n) is 3.48. The van der Waals surface area contributed by atoms with E-state index in [2.05, 4.69) is 19.2 Å². The minimum atomic E-state index is 0.0335. The number of carbonyl (C=O) groups excluding carboxylic acids is 1. The molecule has 1 aromatic rings. The zero-order valence-electron chi connectivity index (χ0n) is 12.5. The molecule has 0 aliphatic carbocycles. The summed E-state index contributed by atoms with van der Waals surface area (Å²) in [4.78, 5) is 14.4. The van der Waals surface area contributed by atoms with Gasteiger partial charge in [0.25, 0.3) is 5.91 Å². The van der Waals surface area contributed by atoms with Gasteiger partial charge in [0, 0.05) is 30.7 Å². The van der Waals surface area contributed by atoms with Gasteiger partial charge in [0.05, 0.1) is 14.2 Å². The van der Waals surface area contributed by atoms with Crippen LogP contribution in [0.4, 0.5) is 0 Å². The predicted molar refractivity (Wildman–Crippen MR) is 77.5 cm³/mol. The van der Waals surface area contributed by atoms with Crippen molar-refractivity contribution >= 4 is 5.91 Å². The fourth-order valence-corrected chi connectivity index (χ4v) is 2.64. The Balaban J connectivity index is 2.20. The van der Waals surface area contributed by atoms with Crippen LogP contribution in [0.15, 0.2) is 18.2 Å². The topological polar surface area (TPSA) is 50.8 Å². The molecule has 0 aromatic heterocycles. The van der Waals surface area contributed by atoms with Crippen LogP contribution in [0.3, 0.4) is 0 Å². The lowest BCUT2D eigenvalue weighted by Crippen LogP contribution is -2.55. The molecule has 5 heteroatoms. The van der Waals surface area contributed by atoms with Crippen molar-refractivity contribution in [3.05, 3.63) is 23.8 Å². The Morgan fingerprint density at radius 3 is 2.30 bits per heavy atom. The minimum absolute atomic E-state index is 0.0335. The normalized spacial score (nSPS) is 22.5. The number of rotatable bonds is 3. The second kappa shape index (κ2) is 6.13. The molecule has 1 aliphatic heterocycles. The van der Waals surface area contributed by atoms with Gasteiger partial charge >= 0.3 is 0 Å². The fourth-order valence-electron chi connectivity index (χ4n) is 2.64. The third kappa shape index (κ3) is 3.04. The van der Waals surface area contributed by atoms with Gasteiger partial charge in [-0.25, -0.2) is 0 Å². The SMILES string of the molecule is COc1ccc(C(=O)N2CC(C)NC(C)C2)cc1OC. The summed E-state index contributed by atoms with van der Waals surface area (Å²) < 4.78 is 10.4. The van der Waals surface area contributed by atoms with Gasteiger partial charge in [-0.05, 0) is 32.0 Å². The minimum Gasteiger partial charge on any atom is -0.493 e. The van der Waals surface area contributed by atoms with Gasteiger partial charge in [-0.1, -0.05) is 0 Å². The van der Waals surface area contributed by atoms with E-state index in [0.717, 1.165) is 13.1 Å². The summed E-state index contributed by atoms with van der Waals surface area (Å²) in [6.45, 7) is 5.62. The van der Waals surface area contributed by atoms with Crippen LogP contribution < -0.4 is 14.8 Å². The Hall–Kier alpha value is -1.75. The molecule has 0 bridgehead atoms. The number of benzene rings is 1. The first kappa shape index (κ1) is 14.7. The molecule has 1 fully saturated rings. The van der Waals surface area contributed by atoms with Crippen LogP contribution in [0, 0.1) is 0 Å². The molecule has 0 radical (unpaired) electrons. The number of piperazine rings is 1. The quantitative estimate of drug-likeness (QED) is 0.911. The van der Waals surface area contributed by atoms with Crippen molar-refractivity contribution in [2.45, 2.75) is 25.9 Å².